The third kappa shape index (κ3) is 2.52. The summed E-state index contributed by atoms with van der Waals surface area (Å²) >= 11 is 0. The molecule has 25 heavy (non-hydrogen) atoms. The molecule has 0 atom stereocenters. The third-order valence-electron chi connectivity index (χ3n) is 4.87. The predicted molar refractivity (Wildman–Crippen MR) is 102 cm³/mol. The lowest BCUT2D eigenvalue weighted by atomic mass is 10.2. The lowest BCUT2D eigenvalue weighted by Gasteiger charge is -2.11. The van der Waals surface area contributed by atoms with E-state index in [1.54, 1.807) is 0 Å². The second-order valence-electron chi connectivity index (χ2n) is 6.59. The summed E-state index contributed by atoms with van der Waals surface area (Å²) in [6, 6.07) is 7.64. The molecule has 2 aromatic heterocycles. The van der Waals surface area contributed by atoms with E-state index in [1.165, 1.54) is 12.8 Å². The largest absolute Gasteiger partial charge is 0.326 e. The predicted octanol–water partition coefficient (Wildman–Crippen LogP) is 4.24. The number of carbonyl (C=O) groups excluding carboxylic acids is 1. The van der Waals surface area contributed by atoms with Gasteiger partial charge in [-0.15, -0.1) is 0 Å². The number of aliphatic imine (C=N–C) groups is 1. The van der Waals surface area contributed by atoms with E-state index in [9.17, 15) is 4.79 Å². The molecular weight excluding hydrogens is 312 g/mol. The van der Waals surface area contributed by atoms with Crippen LogP contribution in [0, 0.1) is 5.92 Å². The van der Waals surface area contributed by atoms with Gasteiger partial charge in [-0.25, -0.2) is 9.98 Å². The lowest BCUT2D eigenvalue weighted by Crippen LogP contribution is -2.04. The first kappa shape index (κ1) is 15.6. The molecule has 0 saturated heterocycles. The molecule has 1 saturated carbocycles. The van der Waals surface area contributed by atoms with E-state index in [0.29, 0.717) is 11.5 Å². The van der Waals surface area contributed by atoms with Gasteiger partial charge in [0.25, 0.3) is 0 Å². The number of carbonyl (C=O) groups is 1. The van der Waals surface area contributed by atoms with E-state index >= 15 is 0 Å². The molecular formula is C20H20N4O. The Bertz CT molecular complexity index is 1000. The van der Waals surface area contributed by atoms with Gasteiger partial charge in [-0.05, 0) is 49.7 Å². The number of nitrogens with zero attached hydrogens (tertiary/aromatic N) is 4. The highest BCUT2D eigenvalue weighted by Crippen LogP contribution is 2.38. The van der Waals surface area contributed by atoms with Gasteiger partial charge in [0.05, 0.1) is 16.7 Å². The first-order valence-electron chi connectivity index (χ1n) is 8.41. The molecule has 0 amide bonds. The zero-order valence-electron chi connectivity index (χ0n) is 14.3. The van der Waals surface area contributed by atoms with Crippen LogP contribution in [-0.4, -0.2) is 27.1 Å². The molecule has 0 aliphatic heterocycles. The molecule has 1 aliphatic rings. The summed E-state index contributed by atoms with van der Waals surface area (Å²) in [6.07, 6.45) is 5.16. The van der Waals surface area contributed by atoms with Crippen molar-refractivity contribution in [2.24, 2.45) is 18.0 Å². The molecule has 2 heterocycles. The number of hydrogen-bond donors (Lipinski definition) is 0. The first-order valence-corrected chi connectivity index (χ1v) is 8.41. The highest BCUT2D eigenvalue weighted by molar-refractivity contribution is 5.87. The smallest absolute Gasteiger partial charge is 0.157 e. The number of aldehydes is 1. The normalized spacial score (nSPS) is 14.0. The van der Waals surface area contributed by atoms with Crippen LogP contribution in [0.15, 0.2) is 35.8 Å². The maximum Gasteiger partial charge on any atom is 0.157 e. The highest BCUT2D eigenvalue weighted by atomic mass is 16.1. The van der Waals surface area contributed by atoms with E-state index < -0.39 is 0 Å². The standard InChI is InChI=1S/C20H20N4O/c1-4-15-10-18(24(19(15)21-2)11-13-5-6-13)20-22-16-9-14(12-25)7-8-17(16)23(20)3/h4,7-10,12-13H,1-2,5-6,11H2,3H3. The van der Waals surface area contributed by atoms with Gasteiger partial charge in [-0.2, -0.15) is 0 Å². The van der Waals surface area contributed by atoms with Gasteiger partial charge in [0.15, 0.2) is 5.82 Å². The Hall–Kier alpha value is -2.95. The molecule has 0 unspecified atom stereocenters. The fraction of sp³-hybridized carbons (Fsp3) is 0.250. The summed E-state index contributed by atoms with van der Waals surface area (Å²) < 4.78 is 4.26. The number of benzene rings is 1. The Morgan fingerprint density at radius 1 is 1.36 bits per heavy atom. The van der Waals surface area contributed by atoms with Crippen LogP contribution in [0.25, 0.3) is 28.6 Å². The van der Waals surface area contributed by atoms with Crippen molar-refractivity contribution in [1.82, 2.24) is 14.1 Å². The van der Waals surface area contributed by atoms with Crippen LogP contribution in [0.1, 0.15) is 28.8 Å². The lowest BCUT2D eigenvalue weighted by molar-refractivity contribution is 0.112. The van der Waals surface area contributed by atoms with E-state index in [0.717, 1.165) is 46.8 Å². The minimum Gasteiger partial charge on any atom is -0.326 e. The molecule has 0 radical (unpaired) electrons. The van der Waals surface area contributed by atoms with Crippen molar-refractivity contribution in [2.75, 3.05) is 0 Å². The monoisotopic (exact) mass is 332 g/mol. The van der Waals surface area contributed by atoms with Gasteiger partial charge in [0.1, 0.15) is 12.1 Å². The summed E-state index contributed by atoms with van der Waals surface area (Å²) in [6.45, 7) is 8.56. The molecule has 126 valence electrons. The summed E-state index contributed by atoms with van der Waals surface area (Å²) in [5.41, 5.74) is 4.41. The van der Waals surface area contributed by atoms with Crippen molar-refractivity contribution >= 4 is 35.9 Å². The molecule has 0 N–H and O–H groups in total. The summed E-state index contributed by atoms with van der Waals surface area (Å²) in [4.78, 5) is 20.1. The maximum absolute atomic E-state index is 11.1. The molecule has 1 aromatic carbocycles. The molecule has 1 aliphatic carbocycles. The number of aryl methyl sites for hydroxylation is 1. The Labute approximate surface area is 146 Å². The topological polar surface area (TPSA) is 52.2 Å². The Morgan fingerprint density at radius 2 is 2.16 bits per heavy atom. The van der Waals surface area contributed by atoms with Gasteiger partial charge in [0, 0.05) is 24.7 Å². The van der Waals surface area contributed by atoms with Crippen molar-refractivity contribution in [3.63, 3.8) is 0 Å². The number of aromatic nitrogens is 3. The molecule has 4 rings (SSSR count). The average molecular weight is 332 g/mol. The number of hydrogen-bond acceptors (Lipinski definition) is 3. The second kappa shape index (κ2) is 5.84. The molecule has 0 spiro atoms. The van der Waals surface area contributed by atoms with Gasteiger partial charge >= 0.3 is 0 Å². The zero-order chi connectivity index (χ0) is 17.6. The number of rotatable bonds is 6. The van der Waals surface area contributed by atoms with Crippen molar-refractivity contribution in [3.05, 3.63) is 42.0 Å². The Morgan fingerprint density at radius 3 is 2.80 bits per heavy atom. The van der Waals surface area contributed by atoms with E-state index in [2.05, 4.69) is 33.5 Å². The Balaban J connectivity index is 1.94. The van der Waals surface area contributed by atoms with Crippen molar-refractivity contribution in [1.29, 1.82) is 0 Å². The average Bonchev–Trinajstić information content (AvgIpc) is 3.30. The molecule has 0 bridgehead atoms. The van der Waals surface area contributed by atoms with E-state index in [4.69, 9.17) is 4.98 Å². The molecule has 1 fully saturated rings. The summed E-state index contributed by atoms with van der Waals surface area (Å²) in [5.74, 6) is 2.40. The molecule has 5 heteroatoms. The van der Waals surface area contributed by atoms with Gasteiger partial charge in [-0.1, -0.05) is 12.7 Å². The van der Waals surface area contributed by atoms with Crippen LogP contribution < -0.4 is 0 Å². The molecule has 3 aromatic rings. The van der Waals surface area contributed by atoms with Crippen molar-refractivity contribution in [2.45, 2.75) is 19.4 Å². The minimum atomic E-state index is 0.630. The molecule has 5 nitrogen and oxygen atoms in total. The fourth-order valence-electron chi connectivity index (χ4n) is 3.33. The summed E-state index contributed by atoms with van der Waals surface area (Å²) in [5, 5.41) is 0. The third-order valence-corrected chi connectivity index (χ3v) is 4.87. The van der Waals surface area contributed by atoms with Crippen LogP contribution in [0.2, 0.25) is 0 Å². The second-order valence-corrected chi connectivity index (χ2v) is 6.59. The van der Waals surface area contributed by atoms with Crippen molar-refractivity contribution in [3.8, 4) is 11.5 Å². The van der Waals surface area contributed by atoms with Gasteiger partial charge in [0.2, 0.25) is 0 Å². The highest BCUT2D eigenvalue weighted by Gasteiger charge is 2.26. The van der Waals surface area contributed by atoms with Crippen LogP contribution >= 0.6 is 0 Å². The van der Waals surface area contributed by atoms with Crippen LogP contribution in [0.4, 0.5) is 5.82 Å². The fourth-order valence-corrected chi connectivity index (χ4v) is 3.33. The van der Waals surface area contributed by atoms with Crippen LogP contribution in [0.5, 0.6) is 0 Å². The van der Waals surface area contributed by atoms with Gasteiger partial charge in [-0.3, -0.25) is 4.79 Å². The van der Waals surface area contributed by atoms with E-state index in [-0.39, 0.29) is 0 Å². The Kier molecular flexibility index (Phi) is 3.64. The van der Waals surface area contributed by atoms with Crippen LogP contribution in [0.3, 0.4) is 0 Å². The van der Waals surface area contributed by atoms with E-state index in [1.807, 2.05) is 31.3 Å². The SMILES string of the molecule is C=Cc1cc(-c2nc3cc(C=O)ccc3n2C)n(CC2CC2)c1N=C. The number of fused-ring (bicyclic) bond motifs is 1. The van der Waals surface area contributed by atoms with Crippen molar-refractivity contribution < 1.29 is 4.79 Å². The zero-order valence-corrected chi connectivity index (χ0v) is 14.3. The van der Waals surface area contributed by atoms with Crippen LogP contribution in [-0.2, 0) is 13.6 Å². The quantitative estimate of drug-likeness (QED) is 0.501. The maximum atomic E-state index is 11.1. The van der Waals surface area contributed by atoms with Gasteiger partial charge < -0.3 is 9.13 Å². The minimum absolute atomic E-state index is 0.630. The summed E-state index contributed by atoms with van der Waals surface area (Å²) in [7, 11) is 1.99. The number of imidazole rings is 1. The first-order chi connectivity index (χ1) is 12.2.